The molecule has 0 spiro atoms. The number of carbonyl (C=O) groups is 1. The second-order valence-electron chi connectivity index (χ2n) is 4.24. The summed E-state index contributed by atoms with van der Waals surface area (Å²) in [5, 5.41) is 3.21. The first-order valence-corrected chi connectivity index (χ1v) is 5.71. The van der Waals surface area contributed by atoms with Crippen LogP contribution in [0.4, 0.5) is 4.79 Å². The molecule has 1 aliphatic rings. The number of nitrogens with zero attached hydrogens (tertiary/aromatic N) is 1. The zero-order valence-corrected chi connectivity index (χ0v) is 9.95. The number of ether oxygens (including phenoxy) is 1. The van der Waals surface area contributed by atoms with Crippen molar-refractivity contribution in [2.75, 3.05) is 20.7 Å². The standard InChI is InChI=1S/C11H22N2O2/c1-9(12-2)8-10-6-4-5-7-13(10)11(14)15-3/h9-10,12H,4-8H2,1-3H3. The van der Waals surface area contributed by atoms with E-state index in [2.05, 4.69) is 12.2 Å². The average molecular weight is 214 g/mol. The average Bonchev–Trinajstić information content (AvgIpc) is 2.28. The van der Waals surface area contributed by atoms with Gasteiger partial charge in [0.15, 0.2) is 0 Å². The van der Waals surface area contributed by atoms with Crippen LogP contribution in [0, 0.1) is 0 Å². The predicted molar refractivity (Wildman–Crippen MR) is 59.9 cm³/mol. The van der Waals surface area contributed by atoms with E-state index < -0.39 is 0 Å². The van der Waals surface area contributed by atoms with Crippen LogP contribution in [-0.2, 0) is 4.74 Å². The van der Waals surface area contributed by atoms with Crippen LogP contribution in [0.3, 0.4) is 0 Å². The molecule has 88 valence electrons. The van der Waals surface area contributed by atoms with Gasteiger partial charge in [-0.25, -0.2) is 4.79 Å². The highest BCUT2D eigenvalue weighted by Crippen LogP contribution is 2.21. The second-order valence-corrected chi connectivity index (χ2v) is 4.24. The molecule has 1 amide bonds. The van der Waals surface area contributed by atoms with Crippen molar-refractivity contribution in [3.63, 3.8) is 0 Å². The Balaban J connectivity index is 2.53. The SMILES string of the molecule is CNC(C)CC1CCCCN1C(=O)OC. The lowest BCUT2D eigenvalue weighted by molar-refractivity contribution is 0.0843. The Morgan fingerprint density at radius 1 is 1.60 bits per heavy atom. The third-order valence-corrected chi connectivity index (χ3v) is 3.15. The zero-order chi connectivity index (χ0) is 11.3. The first kappa shape index (κ1) is 12.3. The molecule has 0 aromatic heterocycles. The Labute approximate surface area is 92.0 Å². The van der Waals surface area contributed by atoms with Gasteiger partial charge in [0, 0.05) is 18.6 Å². The van der Waals surface area contributed by atoms with E-state index in [-0.39, 0.29) is 6.09 Å². The van der Waals surface area contributed by atoms with Gasteiger partial charge in [0.05, 0.1) is 7.11 Å². The van der Waals surface area contributed by atoms with Gasteiger partial charge in [-0.05, 0) is 39.7 Å². The molecule has 4 heteroatoms. The zero-order valence-electron chi connectivity index (χ0n) is 9.95. The molecule has 15 heavy (non-hydrogen) atoms. The number of rotatable bonds is 3. The van der Waals surface area contributed by atoms with Crippen molar-refractivity contribution < 1.29 is 9.53 Å². The molecular weight excluding hydrogens is 192 g/mol. The summed E-state index contributed by atoms with van der Waals surface area (Å²) >= 11 is 0. The van der Waals surface area contributed by atoms with Crippen LogP contribution in [-0.4, -0.2) is 43.8 Å². The Bertz CT molecular complexity index is 209. The first-order valence-electron chi connectivity index (χ1n) is 5.71. The third kappa shape index (κ3) is 3.38. The van der Waals surface area contributed by atoms with Crippen LogP contribution in [0.1, 0.15) is 32.6 Å². The van der Waals surface area contributed by atoms with Crippen molar-refractivity contribution in [1.82, 2.24) is 10.2 Å². The molecule has 1 heterocycles. The minimum absolute atomic E-state index is 0.178. The van der Waals surface area contributed by atoms with Crippen molar-refractivity contribution >= 4 is 6.09 Å². The van der Waals surface area contributed by atoms with E-state index in [9.17, 15) is 4.79 Å². The summed E-state index contributed by atoms with van der Waals surface area (Å²) in [6.45, 7) is 2.98. The fourth-order valence-electron chi connectivity index (χ4n) is 2.13. The Kier molecular flexibility index (Phi) is 4.88. The number of amides is 1. The molecule has 0 radical (unpaired) electrons. The van der Waals surface area contributed by atoms with Gasteiger partial charge >= 0.3 is 6.09 Å². The lowest BCUT2D eigenvalue weighted by Crippen LogP contribution is -2.46. The lowest BCUT2D eigenvalue weighted by Gasteiger charge is -2.35. The maximum atomic E-state index is 11.5. The van der Waals surface area contributed by atoms with Crippen molar-refractivity contribution in [3.05, 3.63) is 0 Å². The molecule has 0 aromatic rings. The number of piperidine rings is 1. The van der Waals surface area contributed by atoms with Crippen LogP contribution in [0.15, 0.2) is 0 Å². The summed E-state index contributed by atoms with van der Waals surface area (Å²) in [5.41, 5.74) is 0. The third-order valence-electron chi connectivity index (χ3n) is 3.15. The van der Waals surface area contributed by atoms with E-state index >= 15 is 0 Å². The van der Waals surface area contributed by atoms with Crippen molar-refractivity contribution in [3.8, 4) is 0 Å². The van der Waals surface area contributed by atoms with Crippen LogP contribution < -0.4 is 5.32 Å². The number of hydrogen-bond donors (Lipinski definition) is 1. The van der Waals surface area contributed by atoms with Gasteiger partial charge in [-0.2, -0.15) is 0 Å². The largest absolute Gasteiger partial charge is 0.453 e. The van der Waals surface area contributed by atoms with Gasteiger partial charge in [0.1, 0.15) is 0 Å². The predicted octanol–water partition coefficient (Wildman–Crippen LogP) is 1.61. The maximum absolute atomic E-state index is 11.5. The van der Waals surface area contributed by atoms with E-state index in [0.717, 1.165) is 25.8 Å². The van der Waals surface area contributed by atoms with Crippen LogP contribution in [0.25, 0.3) is 0 Å². The summed E-state index contributed by atoms with van der Waals surface area (Å²) in [6.07, 6.45) is 4.24. The van der Waals surface area contributed by atoms with E-state index in [4.69, 9.17) is 4.74 Å². The highest BCUT2D eigenvalue weighted by atomic mass is 16.5. The maximum Gasteiger partial charge on any atom is 0.409 e. The molecule has 4 nitrogen and oxygen atoms in total. The van der Waals surface area contributed by atoms with Gasteiger partial charge in [0.2, 0.25) is 0 Å². The van der Waals surface area contributed by atoms with E-state index in [0.29, 0.717) is 12.1 Å². The number of methoxy groups -OCH3 is 1. The van der Waals surface area contributed by atoms with Crippen molar-refractivity contribution in [1.29, 1.82) is 0 Å². The van der Waals surface area contributed by atoms with Gasteiger partial charge in [-0.1, -0.05) is 0 Å². The number of nitrogens with one attached hydrogen (secondary N) is 1. The summed E-state index contributed by atoms with van der Waals surface area (Å²) in [5.74, 6) is 0. The fraction of sp³-hybridized carbons (Fsp3) is 0.909. The molecule has 1 saturated heterocycles. The van der Waals surface area contributed by atoms with E-state index in [1.165, 1.54) is 13.5 Å². The van der Waals surface area contributed by atoms with Crippen LogP contribution in [0.2, 0.25) is 0 Å². The van der Waals surface area contributed by atoms with Crippen molar-refractivity contribution in [2.24, 2.45) is 0 Å². The highest BCUT2D eigenvalue weighted by Gasteiger charge is 2.27. The summed E-state index contributed by atoms with van der Waals surface area (Å²) in [4.78, 5) is 13.4. The van der Waals surface area contributed by atoms with E-state index in [1.54, 1.807) is 0 Å². The number of likely N-dealkylation sites (tertiary alicyclic amines) is 1. The van der Waals surface area contributed by atoms with E-state index in [1.807, 2.05) is 11.9 Å². The highest BCUT2D eigenvalue weighted by molar-refractivity contribution is 5.67. The molecular formula is C11H22N2O2. The first-order chi connectivity index (χ1) is 7.19. The smallest absolute Gasteiger partial charge is 0.409 e. The molecule has 2 atom stereocenters. The molecule has 0 saturated carbocycles. The number of carbonyl (C=O) groups excluding carboxylic acids is 1. The van der Waals surface area contributed by atoms with Crippen LogP contribution in [0.5, 0.6) is 0 Å². The fourth-order valence-corrected chi connectivity index (χ4v) is 2.13. The molecule has 0 bridgehead atoms. The van der Waals surface area contributed by atoms with Gasteiger partial charge in [0.25, 0.3) is 0 Å². The Hall–Kier alpha value is -0.770. The molecule has 1 rings (SSSR count). The monoisotopic (exact) mass is 214 g/mol. The van der Waals surface area contributed by atoms with Gasteiger partial charge in [-0.15, -0.1) is 0 Å². The molecule has 2 unspecified atom stereocenters. The topological polar surface area (TPSA) is 41.6 Å². The lowest BCUT2D eigenvalue weighted by atomic mass is 9.97. The van der Waals surface area contributed by atoms with Crippen molar-refractivity contribution in [2.45, 2.75) is 44.7 Å². The molecule has 1 fully saturated rings. The number of hydrogen-bond acceptors (Lipinski definition) is 3. The normalized spacial score (nSPS) is 23.7. The molecule has 0 aromatic carbocycles. The summed E-state index contributed by atoms with van der Waals surface area (Å²) in [6, 6.07) is 0.786. The van der Waals surface area contributed by atoms with Crippen LogP contribution >= 0.6 is 0 Å². The Morgan fingerprint density at radius 2 is 2.33 bits per heavy atom. The summed E-state index contributed by atoms with van der Waals surface area (Å²) in [7, 11) is 3.41. The minimum Gasteiger partial charge on any atom is -0.453 e. The molecule has 0 aliphatic carbocycles. The molecule has 1 N–H and O–H groups in total. The van der Waals surface area contributed by atoms with Gasteiger partial charge in [-0.3, -0.25) is 0 Å². The quantitative estimate of drug-likeness (QED) is 0.776. The molecule has 1 aliphatic heterocycles. The summed E-state index contributed by atoms with van der Waals surface area (Å²) < 4.78 is 4.80. The second kappa shape index (κ2) is 5.95. The van der Waals surface area contributed by atoms with Gasteiger partial charge < -0.3 is 15.0 Å². The Morgan fingerprint density at radius 3 is 2.93 bits per heavy atom. The minimum atomic E-state index is -0.178.